The maximum Gasteiger partial charge on any atom is 0.416 e. The number of aryl methyl sites for hydroxylation is 1. The van der Waals surface area contributed by atoms with Gasteiger partial charge in [-0.2, -0.15) is 18.3 Å². The van der Waals surface area contributed by atoms with Gasteiger partial charge in [-0.25, -0.2) is 4.98 Å². The highest BCUT2D eigenvalue weighted by molar-refractivity contribution is 6.31. The first-order chi connectivity index (χ1) is 21.5. The molecule has 2 bridgehead atoms. The lowest BCUT2D eigenvalue weighted by Crippen LogP contribution is -2.27. The van der Waals surface area contributed by atoms with Crippen molar-refractivity contribution in [3.8, 4) is 33.6 Å². The molecule has 8 nitrogen and oxygen atoms in total. The highest BCUT2D eigenvalue weighted by Gasteiger charge is 2.30. The Morgan fingerprint density at radius 3 is 2.44 bits per heavy atom. The Hall–Kier alpha value is -4.77. The topological polar surface area (TPSA) is 94.7 Å². The molecule has 1 N–H and O–H groups in total. The van der Waals surface area contributed by atoms with Crippen LogP contribution in [-0.4, -0.2) is 30.2 Å². The van der Waals surface area contributed by atoms with Crippen molar-refractivity contribution >= 4 is 23.2 Å². The molecule has 3 aromatic heterocycles. The van der Waals surface area contributed by atoms with E-state index in [1.807, 2.05) is 19.1 Å². The van der Waals surface area contributed by atoms with Crippen LogP contribution in [0.5, 0.6) is 0 Å². The molecule has 0 fully saturated rings. The fourth-order valence-electron chi connectivity index (χ4n) is 5.69. The van der Waals surface area contributed by atoms with E-state index < -0.39 is 17.8 Å². The van der Waals surface area contributed by atoms with Crippen LogP contribution in [0.15, 0.2) is 84.2 Å². The normalized spacial score (nSPS) is 17.2. The summed E-state index contributed by atoms with van der Waals surface area (Å²) in [5.41, 5.74) is 3.60. The summed E-state index contributed by atoms with van der Waals surface area (Å²) in [6, 6.07) is 14.4. The average Bonchev–Trinajstić information content (AvgIpc) is 3.38. The van der Waals surface area contributed by atoms with E-state index in [2.05, 4.69) is 20.4 Å². The van der Waals surface area contributed by atoms with E-state index in [1.54, 1.807) is 42.3 Å². The van der Waals surface area contributed by atoms with Gasteiger partial charge in [-0.15, -0.1) is 0 Å². The predicted octanol–water partition coefficient (Wildman–Crippen LogP) is 7.39. The van der Waals surface area contributed by atoms with E-state index in [0.29, 0.717) is 58.1 Å². The van der Waals surface area contributed by atoms with Crippen molar-refractivity contribution < 1.29 is 18.0 Å². The van der Waals surface area contributed by atoms with E-state index in [1.165, 1.54) is 29.1 Å². The Bertz CT molecular complexity index is 1950. The minimum Gasteiger partial charge on any atom is -0.323 e. The second-order valence-corrected chi connectivity index (χ2v) is 11.6. The molecule has 5 aromatic rings. The van der Waals surface area contributed by atoms with Gasteiger partial charge in [0.25, 0.3) is 5.56 Å². The fraction of sp³-hybridized carbons (Fsp3) is 0.242. The van der Waals surface area contributed by atoms with Crippen LogP contribution in [0.1, 0.15) is 43.5 Å². The molecule has 1 amide bonds. The number of anilines is 1. The van der Waals surface area contributed by atoms with Crippen LogP contribution >= 0.6 is 11.6 Å². The Balaban J connectivity index is 1.41. The lowest BCUT2D eigenvalue weighted by atomic mass is 9.96. The Morgan fingerprint density at radius 1 is 0.933 bits per heavy atom. The Labute approximate surface area is 261 Å². The molecule has 0 radical (unpaired) electrons. The number of nitrogens with one attached hydrogen (secondary N) is 1. The molecule has 45 heavy (non-hydrogen) atoms. The molecule has 0 saturated carbocycles. The second kappa shape index (κ2) is 12.0. The molecular formula is C33H28ClF3N6O2. The summed E-state index contributed by atoms with van der Waals surface area (Å²) in [6.45, 7) is 1.87. The number of amides is 1. The molecular weight excluding hydrogens is 605 g/mol. The number of hydrogen-bond acceptors (Lipinski definition) is 5. The maximum absolute atomic E-state index is 13.8. The molecule has 0 spiro atoms. The highest BCUT2D eigenvalue weighted by Crippen LogP contribution is 2.36. The SMILES string of the molecule is CC1CCCC(n2cnc(-c3cc(Cl)ccc3-c3ccc(C(F)(F)F)cc3)cc2=O)c2cc(ccn2)-c2c(cnn2C)NC1=O. The van der Waals surface area contributed by atoms with Gasteiger partial charge in [-0.05, 0) is 60.4 Å². The van der Waals surface area contributed by atoms with Crippen LogP contribution in [-0.2, 0) is 18.0 Å². The van der Waals surface area contributed by atoms with Gasteiger partial charge in [0.1, 0.15) is 0 Å². The van der Waals surface area contributed by atoms with Gasteiger partial charge >= 0.3 is 6.18 Å². The van der Waals surface area contributed by atoms with Gasteiger partial charge < -0.3 is 5.32 Å². The quantitative estimate of drug-likeness (QED) is 0.224. The smallest absolute Gasteiger partial charge is 0.323 e. The molecule has 0 aliphatic carbocycles. The molecule has 2 unspecified atom stereocenters. The van der Waals surface area contributed by atoms with Crippen LogP contribution in [0.4, 0.5) is 18.9 Å². The summed E-state index contributed by atoms with van der Waals surface area (Å²) in [7, 11) is 1.79. The van der Waals surface area contributed by atoms with Crippen LogP contribution < -0.4 is 10.9 Å². The maximum atomic E-state index is 13.8. The van der Waals surface area contributed by atoms with E-state index in [-0.39, 0.29) is 17.4 Å². The lowest BCUT2D eigenvalue weighted by Gasteiger charge is -2.22. The number of aromatic nitrogens is 5. The standard InChI is InChI=1S/C33H28ClF3N6O2/c1-19-4-3-5-29(27-14-21(12-13-38-27)31-28(41-32(19)45)17-40-42(31)2)43-18-39-26(16-30(43)44)25-15-23(34)10-11-24(25)20-6-8-22(9-7-20)33(35,36)37/h6-19,29H,3-5H2,1-2H3,(H,41,45). The van der Waals surface area contributed by atoms with Crippen molar-refractivity contribution in [2.45, 2.75) is 38.4 Å². The summed E-state index contributed by atoms with van der Waals surface area (Å²) < 4.78 is 42.7. The summed E-state index contributed by atoms with van der Waals surface area (Å²) in [5.74, 6) is -0.377. The number of pyridine rings is 1. The highest BCUT2D eigenvalue weighted by atomic mass is 35.5. The lowest BCUT2D eigenvalue weighted by molar-refractivity contribution is -0.137. The zero-order valence-corrected chi connectivity index (χ0v) is 25.1. The van der Waals surface area contributed by atoms with Crippen molar-refractivity contribution in [1.82, 2.24) is 24.3 Å². The van der Waals surface area contributed by atoms with E-state index >= 15 is 0 Å². The second-order valence-electron chi connectivity index (χ2n) is 11.1. The fourth-order valence-corrected chi connectivity index (χ4v) is 5.87. The number of carbonyl (C=O) groups excluding carboxylic acids is 1. The molecule has 12 heteroatoms. The van der Waals surface area contributed by atoms with Gasteiger partial charge in [0, 0.05) is 41.4 Å². The summed E-state index contributed by atoms with van der Waals surface area (Å²) in [5, 5.41) is 7.72. The van der Waals surface area contributed by atoms with Gasteiger partial charge in [0.05, 0.1) is 46.9 Å². The first-order valence-electron chi connectivity index (χ1n) is 14.3. The third-order valence-corrected chi connectivity index (χ3v) is 8.34. The van der Waals surface area contributed by atoms with Gasteiger partial charge in [-0.3, -0.25) is 23.8 Å². The third-order valence-electron chi connectivity index (χ3n) is 8.11. The first kappa shape index (κ1) is 30.3. The number of rotatable bonds is 3. The molecule has 4 heterocycles. The zero-order valence-electron chi connectivity index (χ0n) is 24.3. The molecule has 2 aromatic carbocycles. The van der Waals surface area contributed by atoms with Crippen LogP contribution in [0.2, 0.25) is 5.02 Å². The number of alkyl halides is 3. The van der Waals surface area contributed by atoms with E-state index in [9.17, 15) is 22.8 Å². The minimum absolute atomic E-state index is 0.107. The van der Waals surface area contributed by atoms with Crippen molar-refractivity contribution in [1.29, 1.82) is 0 Å². The van der Waals surface area contributed by atoms with Crippen LogP contribution in [0, 0.1) is 5.92 Å². The number of benzene rings is 2. The number of carbonyl (C=O) groups is 1. The molecule has 1 aliphatic heterocycles. The molecule has 2 atom stereocenters. The van der Waals surface area contributed by atoms with Crippen molar-refractivity contribution in [3.63, 3.8) is 0 Å². The third kappa shape index (κ3) is 6.12. The molecule has 6 rings (SSSR count). The Morgan fingerprint density at radius 2 is 1.71 bits per heavy atom. The summed E-state index contributed by atoms with van der Waals surface area (Å²) >= 11 is 6.32. The molecule has 0 saturated heterocycles. The van der Waals surface area contributed by atoms with Crippen LogP contribution in [0.3, 0.4) is 0 Å². The number of hydrogen-bond donors (Lipinski definition) is 1. The number of halogens is 4. The number of fused-ring (bicyclic) bond motifs is 4. The summed E-state index contributed by atoms with van der Waals surface area (Å²) in [6.07, 6.45) is 2.06. The minimum atomic E-state index is -4.46. The molecule has 230 valence electrons. The van der Waals surface area contributed by atoms with Crippen molar-refractivity contribution in [2.75, 3.05) is 5.32 Å². The number of nitrogens with zero attached hydrogens (tertiary/aromatic N) is 5. The van der Waals surface area contributed by atoms with Crippen molar-refractivity contribution in [2.24, 2.45) is 13.0 Å². The van der Waals surface area contributed by atoms with E-state index in [4.69, 9.17) is 11.6 Å². The van der Waals surface area contributed by atoms with E-state index in [0.717, 1.165) is 23.4 Å². The average molecular weight is 633 g/mol. The first-order valence-corrected chi connectivity index (χ1v) is 14.7. The predicted molar refractivity (Wildman–Crippen MR) is 166 cm³/mol. The molecule has 1 aliphatic rings. The largest absolute Gasteiger partial charge is 0.416 e. The zero-order chi connectivity index (χ0) is 31.9. The van der Waals surface area contributed by atoms with Gasteiger partial charge in [0.15, 0.2) is 0 Å². The van der Waals surface area contributed by atoms with Crippen LogP contribution in [0.25, 0.3) is 33.6 Å². The van der Waals surface area contributed by atoms with Gasteiger partial charge in [-0.1, -0.05) is 43.1 Å². The summed E-state index contributed by atoms with van der Waals surface area (Å²) in [4.78, 5) is 35.9. The van der Waals surface area contributed by atoms with Crippen molar-refractivity contribution in [3.05, 3.63) is 106 Å². The monoisotopic (exact) mass is 632 g/mol. The van der Waals surface area contributed by atoms with Gasteiger partial charge in [0.2, 0.25) is 5.91 Å². The Kier molecular flexibility index (Phi) is 8.05.